The second kappa shape index (κ2) is 22.2. The van der Waals surface area contributed by atoms with Gasteiger partial charge in [0.2, 0.25) is 11.7 Å². The van der Waals surface area contributed by atoms with Gasteiger partial charge in [0.05, 0.1) is 18.2 Å². The van der Waals surface area contributed by atoms with Crippen LogP contribution in [0.2, 0.25) is 0 Å². The number of carbonyl (C=O) groups excluding carboxylic acids is 1. The van der Waals surface area contributed by atoms with Gasteiger partial charge in [0.25, 0.3) is 0 Å². The molecular weight excluding hydrogens is 784 g/mol. The van der Waals surface area contributed by atoms with Crippen LogP contribution in [0.25, 0.3) is 0 Å². The van der Waals surface area contributed by atoms with Gasteiger partial charge in [0, 0.05) is 49.6 Å². The zero-order valence-corrected chi connectivity index (χ0v) is 36.6. The van der Waals surface area contributed by atoms with Gasteiger partial charge in [-0.25, -0.2) is 4.39 Å². The summed E-state index contributed by atoms with van der Waals surface area (Å²) in [5.74, 6) is -0.129. The molecule has 10 heteroatoms. The first-order valence-corrected chi connectivity index (χ1v) is 23.3. The van der Waals surface area contributed by atoms with E-state index in [2.05, 4.69) is 19.6 Å². The predicted molar refractivity (Wildman–Crippen MR) is 240 cm³/mol. The van der Waals surface area contributed by atoms with Gasteiger partial charge in [-0.2, -0.15) is 0 Å². The van der Waals surface area contributed by atoms with Crippen LogP contribution < -0.4 is 9.47 Å². The summed E-state index contributed by atoms with van der Waals surface area (Å²) in [5, 5.41) is 24.9. The summed E-state index contributed by atoms with van der Waals surface area (Å²) in [4.78, 5) is 23.1. The van der Waals surface area contributed by atoms with Crippen LogP contribution in [0, 0.1) is 29.5 Å². The first-order chi connectivity index (χ1) is 30.4. The highest BCUT2D eigenvalue weighted by Crippen LogP contribution is 2.62. The average molecular weight is 851 g/mol. The number of fused-ring (bicyclic) bond motifs is 2. The van der Waals surface area contributed by atoms with E-state index >= 15 is 0 Å². The first-order valence-electron chi connectivity index (χ1n) is 23.3. The van der Waals surface area contributed by atoms with Crippen molar-refractivity contribution in [1.29, 1.82) is 0 Å². The number of aliphatic hydroxyl groups excluding tert-OH is 2. The normalized spacial score (nSPS) is 24.7. The summed E-state index contributed by atoms with van der Waals surface area (Å²) in [7, 11) is 0. The Balaban J connectivity index is 1.39. The number of aliphatic hydroxyl groups is 2. The van der Waals surface area contributed by atoms with Crippen LogP contribution in [-0.4, -0.2) is 64.9 Å². The monoisotopic (exact) mass is 850 g/mol. The number of oxime groups is 1. The van der Waals surface area contributed by atoms with Gasteiger partial charge in [-0.3, -0.25) is 4.79 Å². The van der Waals surface area contributed by atoms with E-state index < -0.39 is 17.7 Å². The molecule has 0 spiro atoms. The van der Waals surface area contributed by atoms with E-state index in [1.165, 1.54) is 31.7 Å². The number of halogens is 1. The molecule has 6 atom stereocenters. The van der Waals surface area contributed by atoms with Crippen molar-refractivity contribution in [2.24, 2.45) is 28.8 Å². The van der Waals surface area contributed by atoms with Gasteiger partial charge < -0.3 is 34.2 Å². The fourth-order valence-corrected chi connectivity index (χ4v) is 10.7. The lowest BCUT2D eigenvalue weighted by Gasteiger charge is -2.60. The third-order valence-corrected chi connectivity index (χ3v) is 13.6. The number of carbonyl (C=O) groups is 1. The van der Waals surface area contributed by atoms with Crippen LogP contribution >= 0.6 is 0 Å². The Morgan fingerprint density at radius 3 is 2.47 bits per heavy atom. The second-order valence-electron chi connectivity index (χ2n) is 17.7. The molecule has 3 aliphatic carbocycles. The molecule has 3 aromatic rings. The topological polar surface area (TPSA) is 110 Å². The largest absolute Gasteiger partial charge is 0.489 e. The molecular formula is C52H67FN2O7. The molecule has 4 aliphatic rings. The standard InChI is InChI=1S/C52H67FN2O7/c1-3-28-55(49(58)27-24-37-16-8-9-17-37)48-34-46(54-61-35-38-18-6-5-7-19-38)43-32-39(20-12-14-29-56)42(22-13-15-30-57)50-44-33-41(59-36-40-21-10-11-23-45(40)53)25-26-47(44)62-52(48,51(43)50)60-31-4-2/h4-7,10-11,18-19,21,23,25-26,32-33,37,39,42,48,50-51,56-57H,2-3,8-9,12-17,20,22,24,27-31,34-36H2,1H3/t39-,42+,48-,50+,51+,52+/m0/s1. The first kappa shape index (κ1) is 45.5. The zero-order chi connectivity index (χ0) is 43.3. The van der Waals surface area contributed by atoms with Crippen molar-refractivity contribution in [3.05, 3.63) is 120 Å². The number of unbranched alkanes of at least 4 members (excludes halogenated alkanes) is 2. The minimum atomic E-state index is -1.31. The number of hydrogen-bond acceptors (Lipinski definition) is 8. The molecule has 1 aliphatic heterocycles. The fourth-order valence-electron chi connectivity index (χ4n) is 10.7. The smallest absolute Gasteiger partial charge is 0.239 e. The van der Waals surface area contributed by atoms with Crippen molar-refractivity contribution < 1.29 is 38.4 Å². The highest BCUT2D eigenvalue weighted by Gasteiger charge is 2.65. The summed E-state index contributed by atoms with van der Waals surface area (Å²) in [6.07, 6.45) is 16.1. The van der Waals surface area contributed by atoms with Crippen molar-refractivity contribution in [1.82, 2.24) is 4.90 Å². The number of rotatable bonds is 23. The van der Waals surface area contributed by atoms with Gasteiger partial charge in [0.15, 0.2) is 0 Å². The van der Waals surface area contributed by atoms with E-state index in [0.717, 1.165) is 60.9 Å². The summed E-state index contributed by atoms with van der Waals surface area (Å²) in [5.41, 5.74) is 4.21. The molecule has 2 saturated carbocycles. The van der Waals surface area contributed by atoms with E-state index in [1.54, 1.807) is 24.3 Å². The van der Waals surface area contributed by atoms with Crippen molar-refractivity contribution in [3.8, 4) is 11.5 Å². The van der Waals surface area contributed by atoms with E-state index in [-0.39, 0.29) is 55.9 Å². The summed E-state index contributed by atoms with van der Waals surface area (Å²) < 4.78 is 35.7. The number of hydrogen-bond donors (Lipinski definition) is 2. The van der Waals surface area contributed by atoms with E-state index in [4.69, 9.17) is 24.2 Å². The van der Waals surface area contributed by atoms with Crippen molar-refractivity contribution >= 4 is 11.6 Å². The lowest BCUT2D eigenvalue weighted by molar-refractivity contribution is -0.257. The molecule has 2 fully saturated rings. The third kappa shape index (κ3) is 10.5. The van der Waals surface area contributed by atoms with Crippen molar-refractivity contribution in [2.45, 2.75) is 128 Å². The molecule has 9 nitrogen and oxygen atoms in total. The Morgan fingerprint density at radius 1 is 0.968 bits per heavy atom. The van der Waals surface area contributed by atoms with Crippen molar-refractivity contribution in [2.75, 3.05) is 26.4 Å². The third-order valence-electron chi connectivity index (χ3n) is 13.6. The summed E-state index contributed by atoms with van der Waals surface area (Å²) >= 11 is 0. The lowest BCUT2D eigenvalue weighted by atomic mass is 9.55. The summed E-state index contributed by atoms with van der Waals surface area (Å²) in [6, 6.07) is 22.0. The van der Waals surface area contributed by atoms with Gasteiger partial charge in [-0.15, -0.1) is 6.58 Å². The van der Waals surface area contributed by atoms with E-state index in [1.807, 2.05) is 53.4 Å². The number of ether oxygens (including phenoxy) is 3. The SMILES string of the molecule is C=CCO[C@@]12Oc3ccc(OCc4ccccc4F)cc3[C@H]3[C@H](CCCCO)[C@@H](CCCCO)C=C(C(=NOCc4ccccc4)C[C@@H]1N(CCC)C(=O)CCC1CCCC1)[C@H]32. The number of nitrogens with zero attached hydrogens (tertiary/aromatic N) is 2. The van der Waals surface area contributed by atoms with Gasteiger partial charge >= 0.3 is 0 Å². The van der Waals surface area contributed by atoms with Crippen LogP contribution in [0.15, 0.2) is 102 Å². The minimum Gasteiger partial charge on any atom is -0.489 e. The van der Waals surface area contributed by atoms with Crippen LogP contribution in [-0.2, 0) is 27.6 Å². The molecule has 1 heterocycles. The number of amides is 1. The maximum Gasteiger partial charge on any atom is 0.239 e. The molecule has 0 unspecified atom stereocenters. The molecule has 7 rings (SSSR count). The molecule has 3 aromatic carbocycles. The van der Waals surface area contributed by atoms with Gasteiger partial charge in [-0.1, -0.05) is 111 Å². The Hall–Kier alpha value is -4.51. The quantitative estimate of drug-likeness (QED) is 0.0555. The van der Waals surface area contributed by atoms with Gasteiger partial charge in [-0.05, 0) is 91.7 Å². The van der Waals surface area contributed by atoms with Crippen LogP contribution in [0.1, 0.15) is 119 Å². The average Bonchev–Trinajstić information content (AvgIpc) is 3.82. The van der Waals surface area contributed by atoms with Gasteiger partial charge in [0.1, 0.15) is 36.6 Å². The maximum atomic E-state index is 14.8. The van der Waals surface area contributed by atoms with E-state index in [0.29, 0.717) is 61.8 Å². The minimum absolute atomic E-state index is 0.0637. The lowest BCUT2D eigenvalue weighted by Crippen LogP contribution is -2.70. The van der Waals surface area contributed by atoms with Crippen LogP contribution in [0.3, 0.4) is 0 Å². The molecule has 2 N–H and O–H groups in total. The fraction of sp³-hybridized carbons (Fsp3) is 0.538. The maximum absolute atomic E-state index is 14.8. The number of benzene rings is 3. The Morgan fingerprint density at radius 2 is 1.73 bits per heavy atom. The Kier molecular flexibility index (Phi) is 16.3. The molecule has 62 heavy (non-hydrogen) atoms. The molecule has 0 radical (unpaired) electrons. The zero-order valence-electron chi connectivity index (χ0n) is 36.6. The molecule has 1 amide bonds. The van der Waals surface area contributed by atoms with Crippen LogP contribution in [0.4, 0.5) is 4.39 Å². The molecule has 0 saturated heterocycles. The molecule has 0 aromatic heterocycles. The number of allylic oxidation sites excluding steroid dienone is 1. The van der Waals surface area contributed by atoms with Crippen molar-refractivity contribution in [3.63, 3.8) is 0 Å². The molecule has 0 bridgehead atoms. The Bertz CT molecular complexity index is 1980. The Labute approximate surface area is 368 Å². The molecule has 334 valence electrons. The highest BCUT2D eigenvalue weighted by atomic mass is 19.1. The van der Waals surface area contributed by atoms with E-state index in [9.17, 15) is 19.4 Å². The second-order valence-corrected chi connectivity index (χ2v) is 17.7. The van der Waals surface area contributed by atoms with Crippen LogP contribution in [0.5, 0.6) is 11.5 Å². The summed E-state index contributed by atoms with van der Waals surface area (Å²) in [6.45, 7) is 7.49. The predicted octanol–water partition coefficient (Wildman–Crippen LogP) is 10.4. The highest BCUT2D eigenvalue weighted by molar-refractivity contribution is 6.03.